The molecule has 2 aromatic carbocycles. The van der Waals surface area contributed by atoms with Crippen LogP contribution < -0.4 is 10.6 Å². The molecule has 2 aliphatic carbocycles. The van der Waals surface area contributed by atoms with Crippen LogP contribution in [0.3, 0.4) is 0 Å². The summed E-state index contributed by atoms with van der Waals surface area (Å²) in [6.45, 7) is 3.98. The van der Waals surface area contributed by atoms with Gasteiger partial charge >= 0.3 is 0 Å². The van der Waals surface area contributed by atoms with E-state index in [0.717, 1.165) is 41.8 Å². The van der Waals surface area contributed by atoms with Crippen LogP contribution in [0, 0.1) is 5.41 Å². The Morgan fingerprint density at radius 2 is 1.84 bits per heavy atom. The van der Waals surface area contributed by atoms with Gasteiger partial charge in [0.1, 0.15) is 0 Å². The number of hydrogen-bond donors (Lipinski definition) is 2. The van der Waals surface area contributed by atoms with Gasteiger partial charge in [-0.05, 0) is 61.2 Å². The third-order valence-corrected chi connectivity index (χ3v) is 4.92. The van der Waals surface area contributed by atoms with E-state index in [1.807, 2.05) is 56.3 Å². The van der Waals surface area contributed by atoms with Crippen LogP contribution in [0.5, 0.6) is 0 Å². The summed E-state index contributed by atoms with van der Waals surface area (Å²) >= 11 is 0. The van der Waals surface area contributed by atoms with Gasteiger partial charge < -0.3 is 10.6 Å². The molecule has 4 heteroatoms. The molecular formula is C21H22N2O2. The Balaban J connectivity index is 1.53. The van der Waals surface area contributed by atoms with E-state index < -0.39 is 0 Å². The lowest BCUT2D eigenvalue weighted by Crippen LogP contribution is -2.25. The van der Waals surface area contributed by atoms with Crippen LogP contribution in [0.2, 0.25) is 0 Å². The number of carbonyl (C=O) groups excluding carboxylic acids is 2. The number of hydrogen-bond acceptors (Lipinski definition) is 3. The minimum absolute atomic E-state index is 0.0209. The van der Waals surface area contributed by atoms with Gasteiger partial charge in [-0.15, -0.1) is 0 Å². The van der Waals surface area contributed by atoms with Gasteiger partial charge in [0.05, 0.1) is 0 Å². The summed E-state index contributed by atoms with van der Waals surface area (Å²) in [5, 5.41) is 6.35. The highest BCUT2D eigenvalue weighted by Crippen LogP contribution is 2.37. The van der Waals surface area contributed by atoms with Gasteiger partial charge in [-0.25, -0.2) is 0 Å². The Kier molecular flexibility index (Phi) is 3.64. The number of amides is 1. The molecule has 2 N–H and O–H groups in total. The molecule has 0 heterocycles. The lowest BCUT2D eigenvalue weighted by Gasteiger charge is -2.13. The molecular weight excluding hydrogens is 312 g/mol. The number of anilines is 2. The van der Waals surface area contributed by atoms with Crippen LogP contribution in [-0.4, -0.2) is 17.7 Å². The van der Waals surface area contributed by atoms with Crippen LogP contribution in [0.25, 0.3) is 0 Å². The van der Waals surface area contributed by atoms with Crippen molar-refractivity contribution in [3.63, 3.8) is 0 Å². The first-order chi connectivity index (χ1) is 11.9. The Hall–Kier alpha value is -2.62. The molecule has 0 unspecified atom stereocenters. The van der Waals surface area contributed by atoms with E-state index in [-0.39, 0.29) is 17.1 Å². The summed E-state index contributed by atoms with van der Waals surface area (Å²) < 4.78 is 0. The molecule has 128 valence electrons. The molecule has 1 amide bonds. The van der Waals surface area contributed by atoms with Crippen molar-refractivity contribution >= 4 is 23.1 Å². The zero-order chi connectivity index (χ0) is 17.6. The van der Waals surface area contributed by atoms with Crippen molar-refractivity contribution in [3.8, 4) is 0 Å². The highest BCUT2D eigenvalue weighted by atomic mass is 16.1. The van der Waals surface area contributed by atoms with Gasteiger partial charge in [-0.1, -0.05) is 19.9 Å². The molecule has 1 saturated carbocycles. The highest BCUT2D eigenvalue weighted by molar-refractivity contribution is 6.04. The second-order valence-electron chi connectivity index (χ2n) is 7.72. The maximum absolute atomic E-state index is 12.3. The van der Waals surface area contributed by atoms with Crippen molar-refractivity contribution in [1.29, 1.82) is 0 Å². The maximum Gasteiger partial charge on any atom is 0.251 e. The van der Waals surface area contributed by atoms with Crippen molar-refractivity contribution < 1.29 is 9.59 Å². The van der Waals surface area contributed by atoms with Gasteiger partial charge in [0, 0.05) is 34.0 Å². The van der Waals surface area contributed by atoms with E-state index >= 15 is 0 Å². The molecule has 25 heavy (non-hydrogen) atoms. The molecule has 1 fully saturated rings. The second kappa shape index (κ2) is 5.73. The summed E-state index contributed by atoms with van der Waals surface area (Å²) in [5.74, 6) is 0.195. The SMILES string of the molecule is CC1(C)Cc2cc(Nc3cccc(C(=O)NC4CC4)c3)ccc2C1=O. The van der Waals surface area contributed by atoms with Gasteiger partial charge in [0.15, 0.2) is 5.78 Å². The maximum atomic E-state index is 12.3. The Morgan fingerprint density at radius 3 is 2.60 bits per heavy atom. The van der Waals surface area contributed by atoms with Crippen molar-refractivity contribution in [2.24, 2.45) is 5.41 Å². The second-order valence-corrected chi connectivity index (χ2v) is 7.72. The van der Waals surface area contributed by atoms with E-state index in [1.54, 1.807) is 0 Å². The fourth-order valence-electron chi connectivity index (χ4n) is 3.36. The fourth-order valence-corrected chi connectivity index (χ4v) is 3.36. The number of rotatable bonds is 4. The van der Waals surface area contributed by atoms with E-state index in [9.17, 15) is 9.59 Å². The molecule has 0 spiro atoms. The lowest BCUT2D eigenvalue weighted by molar-refractivity contribution is 0.0863. The van der Waals surface area contributed by atoms with Crippen LogP contribution in [-0.2, 0) is 6.42 Å². The van der Waals surface area contributed by atoms with Crippen LogP contribution in [0.15, 0.2) is 42.5 Å². The molecule has 2 aliphatic rings. The summed E-state index contributed by atoms with van der Waals surface area (Å²) in [5.41, 5.74) is 4.06. The van der Waals surface area contributed by atoms with E-state index in [4.69, 9.17) is 0 Å². The monoisotopic (exact) mass is 334 g/mol. The Bertz CT molecular complexity index is 866. The minimum atomic E-state index is -0.318. The standard InChI is InChI=1S/C21H22N2O2/c1-21(2)12-14-11-17(8-9-18(14)19(21)24)22-16-5-3-4-13(10-16)20(25)23-15-6-7-15/h3-5,8-11,15,22H,6-7,12H2,1-2H3,(H,23,25). The van der Waals surface area contributed by atoms with Gasteiger partial charge in [-0.3, -0.25) is 9.59 Å². The molecule has 0 aromatic heterocycles. The molecule has 0 saturated heterocycles. The number of nitrogens with one attached hydrogen (secondary N) is 2. The first-order valence-electron chi connectivity index (χ1n) is 8.78. The van der Waals surface area contributed by atoms with E-state index in [2.05, 4.69) is 10.6 Å². The smallest absolute Gasteiger partial charge is 0.251 e. The topological polar surface area (TPSA) is 58.2 Å². The molecule has 0 radical (unpaired) electrons. The van der Waals surface area contributed by atoms with Crippen LogP contribution in [0.1, 0.15) is 53.0 Å². The number of ketones is 1. The Labute approximate surface area is 147 Å². The molecule has 2 aromatic rings. The fraction of sp³-hybridized carbons (Fsp3) is 0.333. The number of fused-ring (bicyclic) bond motifs is 1. The lowest BCUT2D eigenvalue weighted by atomic mass is 9.89. The largest absolute Gasteiger partial charge is 0.355 e. The quantitative estimate of drug-likeness (QED) is 0.885. The Morgan fingerprint density at radius 1 is 1.08 bits per heavy atom. The van der Waals surface area contributed by atoms with Crippen LogP contribution in [0.4, 0.5) is 11.4 Å². The first kappa shape index (κ1) is 15.9. The number of Topliss-reactive ketones (excluding diaryl/α,β-unsaturated/α-hetero) is 1. The van der Waals surface area contributed by atoms with Gasteiger partial charge in [-0.2, -0.15) is 0 Å². The van der Waals surface area contributed by atoms with E-state index in [0.29, 0.717) is 11.6 Å². The number of benzene rings is 2. The highest BCUT2D eigenvalue weighted by Gasteiger charge is 2.37. The predicted molar refractivity (Wildman–Crippen MR) is 98.5 cm³/mol. The third-order valence-electron chi connectivity index (χ3n) is 4.92. The summed E-state index contributed by atoms with van der Waals surface area (Å²) in [6, 6.07) is 13.7. The summed E-state index contributed by atoms with van der Waals surface area (Å²) in [4.78, 5) is 24.5. The summed E-state index contributed by atoms with van der Waals surface area (Å²) in [7, 11) is 0. The third kappa shape index (κ3) is 3.16. The first-order valence-corrected chi connectivity index (χ1v) is 8.78. The van der Waals surface area contributed by atoms with Crippen molar-refractivity contribution in [2.45, 2.75) is 39.2 Å². The zero-order valence-corrected chi connectivity index (χ0v) is 14.6. The van der Waals surface area contributed by atoms with Crippen molar-refractivity contribution in [2.75, 3.05) is 5.32 Å². The molecule has 0 atom stereocenters. The molecule has 0 aliphatic heterocycles. The van der Waals surface area contributed by atoms with Gasteiger partial charge in [0.25, 0.3) is 5.91 Å². The average molecular weight is 334 g/mol. The number of carbonyl (C=O) groups is 2. The molecule has 0 bridgehead atoms. The zero-order valence-electron chi connectivity index (χ0n) is 14.6. The predicted octanol–water partition coefficient (Wildman–Crippen LogP) is 4.09. The molecule has 4 rings (SSSR count). The minimum Gasteiger partial charge on any atom is -0.355 e. The van der Waals surface area contributed by atoms with Crippen molar-refractivity contribution in [1.82, 2.24) is 5.32 Å². The van der Waals surface area contributed by atoms with Crippen LogP contribution >= 0.6 is 0 Å². The van der Waals surface area contributed by atoms with Gasteiger partial charge in [0.2, 0.25) is 0 Å². The average Bonchev–Trinajstić information content (AvgIpc) is 3.34. The summed E-state index contributed by atoms with van der Waals surface area (Å²) in [6.07, 6.45) is 2.92. The normalized spacial score (nSPS) is 17.9. The van der Waals surface area contributed by atoms with E-state index in [1.165, 1.54) is 0 Å². The molecule has 4 nitrogen and oxygen atoms in total. The van der Waals surface area contributed by atoms with Crippen molar-refractivity contribution in [3.05, 3.63) is 59.2 Å².